The average molecular weight is 446 g/mol. The van der Waals surface area contributed by atoms with E-state index in [1.807, 2.05) is 18.2 Å². The van der Waals surface area contributed by atoms with E-state index >= 15 is 0 Å². The number of carbonyl (C=O) groups is 2. The van der Waals surface area contributed by atoms with E-state index in [-0.39, 0.29) is 35.6 Å². The van der Waals surface area contributed by atoms with Crippen LogP contribution < -0.4 is 0 Å². The SMILES string of the molecule is O=C(OCC1CN(Cc2ccccc2)CC1COC(=O)C1CCOCC1)C1CCOCC1. The summed E-state index contributed by atoms with van der Waals surface area (Å²) in [7, 11) is 0. The minimum atomic E-state index is -0.118. The van der Waals surface area contributed by atoms with Crippen LogP contribution in [0.3, 0.4) is 0 Å². The normalized spacial score (nSPS) is 25.5. The molecule has 3 heterocycles. The summed E-state index contributed by atoms with van der Waals surface area (Å²) in [5.41, 5.74) is 1.25. The van der Waals surface area contributed by atoms with E-state index < -0.39 is 0 Å². The molecular weight excluding hydrogens is 410 g/mol. The Morgan fingerprint density at radius 2 is 1.25 bits per heavy atom. The van der Waals surface area contributed by atoms with Gasteiger partial charge < -0.3 is 18.9 Å². The molecular formula is C25H35NO6. The number of rotatable bonds is 8. The van der Waals surface area contributed by atoms with Crippen molar-refractivity contribution in [3.8, 4) is 0 Å². The topological polar surface area (TPSA) is 74.3 Å². The van der Waals surface area contributed by atoms with Crippen molar-refractivity contribution in [3.63, 3.8) is 0 Å². The maximum atomic E-state index is 12.5. The van der Waals surface area contributed by atoms with Gasteiger partial charge in [0.1, 0.15) is 0 Å². The molecule has 0 aromatic heterocycles. The molecule has 7 nitrogen and oxygen atoms in total. The largest absolute Gasteiger partial charge is 0.465 e. The first kappa shape index (κ1) is 23.2. The van der Waals surface area contributed by atoms with Gasteiger partial charge in [0.15, 0.2) is 0 Å². The number of nitrogens with zero attached hydrogens (tertiary/aromatic N) is 1. The summed E-state index contributed by atoms with van der Waals surface area (Å²) in [4.78, 5) is 27.4. The highest BCUT2D eigenvalue weighted by molar-refractivity contribution is 5.73. The fourth-order valence-corrected chi connectivity index (χ4v) is 4.86. The first-order valence-electron chi connectivity index (χ1n) is 11.9. The lowest BCUT2D eigenvalue weighted by atomic mass is 9.97. The van der Waals surface area contributed by atoms with Gasteiger partial charge in [-0.2, -0.15) is 0 Å². The first-order chi connectivity index (χ1) is 15.7. The van der Waals surface area contributed by atoms with Crippen LogP contribution >= 0.6 is 0 Å². The Morgan fingerprint density at radius 1 is 0.781 bits per heavy atom. The molecule has 4 rings (SSSR count). The Kier molecular flexibility index (Phi) is 8.54. The second-order valence-corrected chi connectivity index (χ2v) is 9.23. The Labute approximate surface area is 190 Å². The van der Waals surface area contributed by atoms with E-state index in [1.165, 1.54) is 5.56 Å². The molecule has 1 aromatic carbocycles. The van der Waals surface area contributed by atoms with Crippen LogP contribution in [0.1, 0.15) is 31.2 Å². The molecule has 0 bridgehead atoms. The molecule has 3 aliphatic rings. The monoisotopic (exact) mass is 445 g/mol. The lowest BCUT2D eigenvalue weighted by Crippen LogP contribution is -2.31. The van der Waals surface area contributed by atoms with E-state index in [4.69, 9.17) is 18.9 Å². The number of hydrogen-bond donors (Lipinski definition) is 0. The van der Waals surface area contributed by atoms with Crippen LogP contribution in [0.2, 0.25) is 0 Å². The minimum Gasteiger partial charge on any atom is -0.465 e. The second-order valence-electron chi connectivity index (χ2n) is 9.23. The van der Waals surface area contributed by atoms with E-state index in [0.717, 1.165) is 45.3 Å². The Hall–Kier alpha value is -1.96. The third-order valence-corrected chi connectivity index (χ3v) is 6.89. The third kappa shape index (κ3) is 6.53. The van der Waals surface area contributed by atoms with Gasteiger partial charge in [0, 0.05) is 57.9 Å². The van der Waals surface area contributed by atoms with Crippen molar-refractivity contribution in [1.82, 2.24) is 4.90 Å². The number of hydrogen-bond acceptors (Lipinski definition) is 7. The van der Waals surface area contributed by atoms with Gasteiger partial charge in [-0.05, 0) is 31.2 Å². The van der Waals surface area contributed by atoms with Gasteiger partial charge in [0.25, 0.3) is 0 Å². The molecule has 2 unspecified atom stereocenters. The molecule has 0 saturated carbocycles. The molecule has 1 aromatic rings. The van der Waals surface area contributed by atoms with E-state index in [9.17, 15) is 9.59 Å². The standard InChI is InChI=1S/C25H35NO6/c27-24(20-6-10-29-11-7-20)31-17-22-15-26(14-19-4-2-1-3-5-19)16-23(22)18-32-25(28)21-8-12-30-13-9-21/h1-5,20-23H,6-18H2. The van der Waals surface area contributed by atoms with E-state index in [1.54, 1.807) is 0 Å². The quantitative estimate of drug-likeness (QED) is 0.570. The van der Waals surface area contributed by atoms with Crippen LogP contribution in [0.15, 0.2) is 30.3 Å². The maximum Gasteiger partial charge on any atom is 0.309 e. The highest BCUT2D eigenvalue weighted by atomic mass is 16.5. The molecule has 0 amide bonds. The molecule has 7 heteroatoms. The predicted molar refractivity (Wildman–Crippen MR) is 118 cm³/mol. The van der Waals surface area contributed by atoms with Crippen LogP contribution in [0, 0.1) is 23.7 Å². The smallest absolute Gasteiger partial charge is 0.309 e. The Bertz CT molecular complexity index is 687. The molecule has 3 aliphatic heterocycles. The zero-order valence-corrected chi connectivity index (χ0v) is 18.8. The molecule has 32 heavy (non-hydrogen) atoms. The van der Waals surface area contributed by atoms with Crippen molar-refractivity contribution in [1.29, 1.82) is 0 Å². The highest BCUT2D eigenvalue weighted by Crippen LogP contribution is 2.27. The Morgan fingerprint density at radius 3 is 1.72 bits per heavy atom. The van der Waals surface area contributed by atoms with E-state index in [0.29, 0.717) is 39.6 Å². The molecule has 0 spiro atoms. The number of likely N-dealkylation sites (tertiary alicyclic amines) is 1. The predicted octanol–water partition coefficient (Wildman–Crippen LogP) is 2.67. The Balaban J connectivity index is 1.31. The van der Waals surface area contributed by atoms with Gasteiger partial charge in [0.05, 0.1) is 25.0 Å². The summed E-state index contributed by atoms with van der Waals surface area (Å²) in [6, 6.07) is 10.4. The zero-order chi connectivity index (χ0) is 22.2. The van der Waals surface area contributed by atoms with Crippen molar-refractivity contribution >= 4 is 11.9 Å². The van der Waals surface area contributed by atoms with Crippen molar-refractivity contribution < 1.29 is 28.5 Å². The van der Waals surface area contributed by atoms with Gasteiger partial charge in [-0.1, -0.05) is 30.3 Å². The van der Waals surface area contributed by atoms with Gasteiger partial charge in [0.2, 0.25) is 0 Å². The molecule has 3 saturated heterocycles. The summed E-state index contributed by atoms with van der Waals surface area (Å²) in [5.74, 6) is -0.0405. The van der Waals surface area contributed by atoms with Crippen molar-refractivity contribution in [2.75, 3.05) is 52.7 Å². The van der Waals surface area contributed by atoms with Crippen molar-refractivity contribution in [2.45, 2.75) is 32.2 Å². The maximum absolute atomic E-state index is 12.5. The summed E-state index contributed by atoms with van der Waals surface area (Å²) < 4.78 is 22.2. The van der Waals surface area contributed by atoms with Crippen molar-refractivity contribution in [3.05, 3.63) is 35.9 Å². The molecule has 0 aliphatic carbocycles. The molecule has 0 N–H and O–H groups in total. The summed E-state index contributed by atoms with van der Waals surface area (Å²) in [6.45, 7) is 5.75. The lowest BCUT2D eigenvalue weighted by molar-refractivity contribution is -0.156. The van der Waals surface area contributed by atoms with Gasteiger partial charge in [-0.25, -0.2) is 0 Å². The van der Waals surface area contributed by atoms with Crippen molar-refractivity contribution in [2.24, 2.45) is 23.7 Å². The lowest BCUT2D eigenvalue weighted by Gasteiger charge is -2.24. The number of benzene rings is 1. The van der Waals surface area contributed by atoms with Crippen LogP contribution in [0.4, 0.5) is 0 Å². The average Bonchev–Trinajstić information content (AvgIpc) is 3.24. The zero-order valence-electron chi connectivity index (χ0n) is 18.8. The molecule has 3 fully saturated rings. The van der Waals surface area contributed by atoms with Gasteiger partial charge in [-0.15, -0.1) is 0 Å². The van der Waals surface area contributed by atoms with Gasteiger partial charge in [-0.3, -0.25) is 14.5 Å². The second kappa shape index (κ2) is 11.8. The van der Waals surface area contributed by atoms with E-state index in [2.05, 4.69) is 17.0 Å². The fraction of sp³-hybridized carbons (Fsp3) is 0.680. The summed E-state index contributed by atoms with van der Waals surface area (Å²) in [6.07, 6.45) is 2.93. The number of carbonyl (C=O) groups excluding carboxylic acids is 2. The van der Waals surface area contributed by atoms with Crippen LogP contribution in [-0.4, -0.2) is 69.6 Å². The number of ether oxygens (including phenoxy) is 4. The third-order valence-electron chi connectivity index (χ3n) is 6.89. The van der Waals surface area contributed by atoms with Crippen LogP contribution in [-0.2, 0) is 35.1 Å². The number of esters is 2. The van der Waals surface area contributed by atoms with Gasteiger partial charge >= 0.3 is 11.9 Å². The minimum absolute atomic E-state index is 0.0598. The summed E-state index contributed by atoms with van der Waals surface area (Å²) >= 11 is 0. The first-order valence-corrected chi connectivity index (χ1v) is 11.9. The fourth-order valence-electron chi connectivity index (χ4n) is 4.86. The van der Waals surface area contributed by atoms with Crippen LogP contribution in [0.5, 0.6) is 0 Å². The molecule has 0 radical (unpaired) electrons. The summed E-state index contributed by atoms with van der Waals surface area (Å²) in [5, 5.41) is 0. The molecule has 176 valence electrons. The highest BCUT2D eigenvalue weighted by Gasteiger charge is 2.36. The van der Waals surface area contributed by atoms with Crippen LogP contribution in [0.25, 0.3) is 0 Å². The molecule has 2 atom stereocenters.